The Morgan fingerprint density at radius 2 is 1.91 bits per heavy atom. The maximum Gasteiger partial charge on any atom is 0.161 e. The first kappa shape index (κ1) is 17.1. The van der Waals surface area contributed by atoms with E-state index in [2.05, 4.69) is 24.4 Å². The van der Waals surface area contributed by atoms with E-state index < -0.39 is 0 Å². The summed E-state index contributed by atoms with van der Waals surface area (Å²) in [7, 11) is 1.71. The predicted molar refractivity (Wildman–Crippen MR) is 91.7 cm³/mol. The predicted octanol–water partition coefficient (Wildman–Crippen LogP) is 4.69. The molecule has 0 amide bonds. The fourth-order valence-corrected chi connectivity index (χ4v) is 3.04. The van der Waals surface area contributed by atoms with E-state index in [4.69, 9.17) is 9.47 Å². The molecule has 1 saturated carbocycles. The minimum Gasteiger partial charge on any atom is -0.493 e. The summed E-state index contributed by atoms with van der Waals surface area (Å²) in [6, 6.07) is 6.98. The lowest BCUT2D eigenvalue weighted by Gasteiger charge is -2.23. The average Bonchev–Trinajstić information content (AvgIpc) is 2.58. The number of unbranched alkanes of at least 4 members (excludes halogenated alkanes) is 2. The highest BCUT2D eigenvalue weighted by Gasteiger charge is 2.13. The molecule has 0 bridgehead atoms. The third kappa shape index (κ3) is 5.53. The van der Waals surface area contributed by atoms with E-state index in [9.17, 15) is 0 Å². The third-order valence-electron chi connectivity index (χ3n) is 4.43. The van der Waals surface area contributed by atoms with Crippen molar-refractivity contribution in [3.8, 4) is 11.5 Å². The summed E-state index contributed by atoms with van der Waals surface area (Å²) in [6.45, 7) is 3.88. The molecule has 1 aliphatic rings. The fraction of sp³-hybridized carbons (Fsp3) is 0.684. The zero-order valence-electron chi connectivity index (χ0n) is 14.2. The van der Waals surface area contributed by atoms with E-state index in [1.54, 1.807) is 7.11 Å². The smallest absolute Gasteiger partial charge is 0.161 e. The molecule has 0 unspecified atom stereocenters. The molecule has 0 atom stereocenters. The summed E-state index contributed by atoms with van der Waals surface area (Å²) in [5.41, 5.74) is 1.27. The van der Waals surface area contributed by atoms with Gasteiger partial charge in [0.05, 0.1) is 13.7 Å². The molecule has 0 heterocycles. The van der Waals surface area contributed by atoms with Crippen LogP contribution in [0.15, 0.2) is 18.2 Å². The highest BCUT2D eigenvalue weighted by molar-refractivity contribution is 5.42. The third-order valence-corrected chi connectivity index (χ3v) is 4.43. The van der Waals surface area contributed by atoms with Gasteiger partial charge in [0.25, 0.3) is 0 Å². The lowest BCUT2D eigenvalue weighted by atomic mass is 9.95. The minimum absolute atomic E-state index is 0.685. The maximum atomic E-state index is 5.83. The molecule has 0 aromatic heterocycles. The quantitative estimate of drug-likeness (QED) is 0.672. The minimum atomic E-state index is 0.685. The number of rotatable bonds is 9. The van der Waals surface area contributed by atoms with Gasteiger partial charge >= 0.3 is 0 Å². The van der Waals surface area contributed by atoms with Crippen LogP contribution in [-0.2, 0) is 6.54 Å². The molecule has 22 heavy (non-hydrogen) atoms. The fourth-order valence-electron chi connectivity index (χ4n) is 3.04. The number of benzene rings is 1. The highest BCUT2D eigenvalue weighted by Crippen LogP contribution is 2.28. The van der Waals surface area contributed by atoms with Crippen LogP contribution >= 0.6 is 0 Å². The van der Waals surface area contributed by atoms with E-state index in [0.717, 1.165) is 31.1 Å². The summed E-state index contributed by atoms with van der Waals surface area (Å²) in [4.78, 5) is 0. The van der Waals surface area contributed by atoms with Crippen LogP contribution in [0, 0.1) is 0 Å². The van der Waals surface area contributed by atoms with Crippen LogP contribution in [0.4, 0.5) is 0 Å². The highest BCUT2D eigenvalue weighted by atomic mass is 16.5. The molecule has 1 fully saturated rings. The van der Waals surface area contributed by atoms with Crippen LogP contribution in [0.1, 0.15) is 63.9 Å². The Hall–Kier alpha value is -1.22. The normalized spacial score (nSPS) is 15.7. The van der Waals surface area contributed by atoms with E-state index >= 15 is 0 Å². The van der Waals surface area contributed by atoms with Crippen molar-refractivity contribution in [1.82, 2.24) is 5.32 Å². The van der Waals surface area contributed by atoms with E-state index in [-0.39, 0.29) is 0 Å². The largest absolute Gasteiger partial charge is 0.493 e. The molecule has 0 aliphatic heterocycles. The van der Waals surface area contributed by atoms with Crippen molar-refractivity contribution in [3.63, 3.8) is 0 Å². The first-order chi connectivity index (χ1) is 10.8. The lowest BCUT2D eigenvalue weighted by molar-refractivity contribution is 0.285. The van der Waals surface area contributed by atoms with Crippen molar-refractivity contribution in [3.05, 3.63) is 23.8 Å². The van der Waals surface area contributed by atoms with Crippen LogP contribution in [0.3, 0.4) is 0 Å². The second-order valence-corrected chi connectivity index (χ2v) is 6.26. The Bertz CT molecular complexity index is 427. The molecular weight excluding hydrogens is 274 g/mol. The van der Waals surface area contributed by atoms with Gasteiger partial charge in [-0.3, -0.25) is 0 Å². The Labute approximate surface area is 135 Å². The summed E-state index contributed by atoms with van der Waals surface area (Å²) in [5.74, 6) is 1.71. The van der Waals surface area contributed by atoms with Crippen molar-refractivity contribution in [2.75, 3.05) is 13.7 Å². The molecule has 1 aliphatic carbocycles. The van der Waals surface area contributed by atoms with Crippen molar-refractivity contribution in [2.24, 2.45) is 0 Å². The standard InChI is InChI=1S/C19H31NO2/c1-3-4-8-13-22-18-12-11-16(14-19(18)21-2)15-20-17-9-6-5-7-10-17/h11-12,14,17,20H,3-10,13,15H2,1-2H3. The second-order valence-electron chi connectivity index (χ2n) is 6.26. The van der Waals surface area contributed by atoms with E-state index in [1.165, 1.54) is 50.5 Å². The van der Waals surface area contributed by atoms with Crippen LogP contribution in [0.25, 0.3) is 0 Å². The average molecular weight is 305 g/mol. The molecule has 124 valence electrons. The molecule has 0 radical (unpaired) electrons. The molecule has 3 heteroatoms. The van der Waals surface area contributed by atoms with Crippen molar-refractivity contribution in [1.29, 1.82) is 0 Å². The lowest BCUT2D eigenvalue weighted by Crippen LogP contribution is -2.30. The molecule has 1 aromatic rings. The first-order valence-corrected chi connectivity index (χ1v) is 8.86. The van der Waals surface area contributed by atoms with E-state index in [0.29, 0.717) is 6.04 Å². The van der Waals surface area contributed by atoms with Crippen LogP contribution < -0.4 is 14.8 Å². The Kier molecular flexibility index (Phi) is 7.58. The van der Waals surface area contributed by atoms with Gasteiger partial charge in [0, 0.05) is 12.6 Å². The summed E-state index contributed by atoms with van der Waals surface area (Å²) in [6.07, 6.45) is 10.3. The molecule has 2 rings (SSSR count). The van der Waals surface area contributed by atoms with Gasteiger partial charge in [0.2, 0.25) is 0 Å². The molecule has 1 N–H and O–H groups in total. The van der Waals surface area contributed by atoms with Gasteiger partial charge in [-0.25, -0.2) is 0 Å². The molecule has 3 nitrogen and oxygen atoms in total. The van der Waals surface area contributed by atoms with Crippen LogP contribution in [0.2, 0.25) is 0 Å². The monoisotopic (exact) mass is 305 g/mol. The SMILES string of the molecule is CCCCCOc1ccc(CNC2CCCCC2)cc1OC. The number of hydrogen-bond donors (Lipinski definition) is 1. The Balaban J connectivity index is 1.84. The van der Waals surface area contributed by atoms with Gasteiger partial charge < -0.3 is 14.8 Å². The first-order valence-electron chi connectivity index (χ1n) is 8.86. The van der Waals surface area contributed by atoms with Crippen molar-refractivity contribution in [2.45, 2.75) is 70.9 Å². The zero-order valence-corrected chi connectivity index (χ0v) is 14.2. The van der Waals surface area contributed by atoms with E-state index in [1.807, 2.05) is 6.07 Å². The number of methoxy groups -OCH3 is 1. The Morgan fingerprint density at radius 3 is 2.64 bits per heavy atom. The van der Waals surface area contributed by atoms with Crippen molar-refractivity contribution >= 4 is 0 Å². The second kappa shape index (κ2) is 9.73. The van der Waals surface area contributed by atoms with Crippen molar-refractivity contribution < 1.29 is 9.47 Å². The topological polar surface area (TPSA) is 30.5 Å². The number of hydrogen-bond acceptors (Lipinski definition) is 3. The number of ether oxygens (including phenoxy) is 2. The van der Waals surface area contributed by atoms with Gasteiger partial charge in [0.1, 0.15) is 0 Å². The summed E-state index contributed by atoms with van der Waals surface area (Å²) in [5, 5.41) is 3.67. The summed E-state index contributed by atoms with van der Waals surface area (Å²) >= 11 is 0. The molecule has 0 spiro atoms. The van der Waals surface area contributed by atoms with Gasteiger partial charge in [-0.1, -0.05) is 45.1 Å². The van der Waals surface area contributed by atoms with Gasteiger partial charge in [-0.15, -0.1) is 0 Å². The molecular formula is C19H31NO2. The van der Waals surface area contributed by atoms with Crippen LogP contribution in [0.5, 0.6) is 11.5 Å². The maximum absolute atomic E-state index is 5.83. The number of nitrogens with one attached hydrogen (secondary N) is 1. The molecule has 0 saturated heterocycles. The van der Waals surface area contributed by atoms with Gasteiger partial charge in [-0.05, 0) is 37.0 Å². The zero-order chi connectivity index (χ0) is 15.6. The van der Waals surface area contributed by atoms with Gasteiger partial charge in [0.15, 0.2) is 11.5 Å². The summed E-state index contributed by atoms with van der Waals surface area (Å²) < 4.78 is 11.3. The Morgan fingerprint density at radius 1 is 1.09 bits per heavy atom. The molecule has 1 aromatic carbocycles. The van der Waals surface area contributed by atoms with Gasteiger partial charge in [-0.2, -0.15) is 0 Å². The van der Waals surface area contributed by atoms with Crippen LogP contribution in [-0.4, -0.2) is 19.8 Å².